The van der Waals surface area contributed by atoms with E-state index in [1.165, 1.54) is 22.3 Å². The number of aromatic nitrogens is 2. The van der Waals surface area contributed by atoms with E-state index in [1.54, 1.807) is 0 Å². The Bertz CT molecular complexity index is 2330. The fraction of sp³-hybridized carbons (Fsp3) is 0.0682. The molecule has 7 aromatic rings. The number of rotatable bonds is 5. The van der Waals surface area contributed by atoms with Crippen molar-refractivity contribution in [3.05, 3.63) is 168 Å². The Morgan fingerprint density at radius 3 is 1.77 bits per heavy atom. The molecule has 8 rings (SSSR count). The van der Waals surface area contributed by atoms with Crippen molar-refractivity contribution in [1.82, 2.24) is 9.97 Å². The van der Waals surface area contributed by atoms with Gasteiger partial charge in [-0.15, -0.1) is 0 Å². The van der Waals surface area contributed by atoms with Gasteiger partial charge in [0.05, 0.1) is 23.0 Å². The smallest absolute Gasteiger partial charge is 0.160 e. The van der Waals surface area contributed by atoms with E-state index in [2.05, 4.69) is 117 Å². The summed E-state index contributed by atoms with van der Waals surface area (Å²) in [5.74, 6) is 0.613. The normalized spacial score (nSPS) is 12.6. The van der Waals surface area contributed by atoms with Crippen LogP contribution in [0.3, 0.4) is 0 Å². The zero-order valence-electron chi connectivity index (χ0n) is 26.3. The van der Waals surface area contributed by atoms with E-state index in [4.69, 9.17) is 9.97 Å². The first-order valence-electron chi connectivity index (χ1n) is 15.9. The molecular formula is C44H31N3. The zero-order chi connectivity index (χ0) is 32.0. The summed E-state index contributed by atoms with van der Waals surface area (Å²) >= 11 is 0. The summed E-state index contributed by atoms with van der Waals surface area (Å²) in [4.78, 5) is 10.3. The number of hydrogen-bond donors (Lipinski definition) is 0. The molecular weight excluding hydrogens is 571 g/mol. The van der Waals surface area contributed by atoms with Gasteiger partial charge in [-0.3, -0.25) is 0 Å². The minimum Gasteiger partial charge on any atom is -0.228 e. The highest BCUT2D eigenvalue weighted by Gasteiger charge is 2.35. The molecule has 0 fully saturated rings. The van der Waals surface area contributed by atoms with Gasteiger partial charge < -0.3 is 0 Å². The lowest BCUT2D eigenvalue weighted by Gasteiger charge is -2.22. The van der Waals surface area contributed by atoms with Crippen LogP contribution >= 0.6 is 0 Å². The molecule has 0 spiro atoms. The fourth-order valence-electron chi connectivity index (χ4n) is 6.88. The first-order chi connectivity index (χ1) is 23.0. The van der Waals surface area contributed by atoms with Crippen molar-refractivity contribution >= 4 is 0 Å². The third-order valence-corrected chi connectivity index (χ3v) is 9.33. The summed E-state index contributed by atoms with van der Waals surface area (Å²) in [6.45, 7) is 4.63. The summed E-state index contributed by atoms with van der Waals surface area (Å²) in [6, 6.07) is 54.8. The quantitative estimate of drug-likeness (QED) is 0.197. The third-order valence-electron chi connectivity index (χ3n) is 9.33. The average molecular weight is 602 g/mol. The van der Waals surface area contributed by atoms with Crippen LogP contribution in [0.5, 0.6) is 0 Å². The molecule has 6 aromatic carbocycles. The van der Waals surface area contributed by atoms with Gasteiger partial charge >= 0.3 is 0 Å². The minimum absolute atomic E-state index is 0.0992. The second-order valence-corrected chi connectivity index (χ2v) is 12.6. The summed E-state index contributed by atoms with van der Waals surface area (Å²) in [6.07, 6.45) is 0. The molecule has 0 N–H and O–H groups in total. The highest BCUT2D eigenvalue weighted by Crippen LogP contribution is 2.49. The average Bonchev–Trinajstić information content (AvgIpc) is 3.37. The van der Waals surface area contributed by atoms with Gasteiger partial charge in [0.15, 0.2) is 5.82 Å². The lowest BCUT2D eigenvalue weighted by atomic mass is 9.81. The highest BCUT2D eigenvalue weighted by atomic mass is 14.9. The molecule has 0 aliphatic heterocycles. The molecule has 0 atom stereocenters. The monoisotopic (exact) mass is 601 g/mol. The zero-order valence-corrected chi connectivity index (χ0v) is 26.3. The van der Waals surface area contributed by atoms with Crippen LogP contribution < -0.4 is 0 Å². The van der Waals surface area contributed by atoms with Crippen LogP contribution in [0.25, 0.3) is 67.3 Å². The number of nitrogens with zero attached hydrogens (tertiary/aromatic N) is 3. The standard InChI is InChI=1S/C44H31N3/c1-44(2)39-20-12-11-19-37(39)38-22-21-31(26-40(38)44)34-23-33(29-13-5-3-6-14-29)24-35(25-34)43-46-41(30-15-7-4-8-16-30)27-42(47-43)36-18-10-9-17-32(36)28-45/h3-27H,1-2H3. The summed E-state index contributed by atoms with van der Waals surface area (Å²) in [7, 11) is 0. The highest BCUT2D eigenvalue weighted by molar-refractivity contribution is 5.86. The Balaban J connectivity index is 1.34. The summed E-state index contributed by atoms with van der Waals surface area (Å²) in [5, 5.41) is 9.94. The van der Waals surface area contributed by atoms with Crippen LogP contribution in [-0.2, 0) is 5.41 Å². The fourth-order valence-corrected chi connectivity index (χ4v) is 6.88. The van der Waals surface area contributed by atoms with E-state index in [-0.39, 0.29) is 5.41 Å². The SMILES string of the molecule is CC1(C)c2ccccc2-c2ccc(-c3cc(-c4ccccc4)cc(-c4nc(-c5ccccc5)cc(-c5ccccc5C#N)n4)c3)cc21. The molecule has 47 heavy (non-hydrogen) atoms. The van der Waals surface area contributed by atoms with Crippen LogP contribution in [0.4, 0.5) is 0 Å². The topological polar surface area (TPSA) is 49.6 Å². The van der Waals surface area contributed by atoms with Crippen molar-refractivity contribution < 1.29 is 0 Å². The van der Waals surface area contributed by atoms with Crippen molar-refractivity contribution in [3.8, 4) is 73.4 Å². The van der Waals surface area contributed by atoms with Crippen molar-refractivity contribution in [2.45, 2.75) is 19.3 Å². The molecule has 0 amide bonds. The maximum atomic E-state index is 9.94. The van der Waals surface area contributed by atoms with Crippen LogP contribution in [0, 0.1) is 11.3 Å². The van der Waals surface area contributed by atoms with Gasteiger partial charge in [0, 0.05) is 22.1 Å². The first kappa shape index (κ1) is 28.4. The van der Waals surface area contributed by atoms with E-state index in [9.17, 15) is 5.26 Å². The number of fused-ring (bicyclic) bond motifs is 3. The van der Waals surface area contributed by atoms with E-state index >= 15 is 0 Å². The Morgan fingerprint density at radius 2 is 1.02 bits per heavy atom. The molecule has 0 saturated heterocycles. The van der Waals surface area contributed by atoms with Gasteiger partial charge in [0.1, 0.15) is 0 Å². The Hall–Kier alpha value is -6.11. The molecule has 0 saturated carbocycles. The molecule has 3 heteroatoms. The van der Waals surface area contributed by atoms with Crippen LogP contribution in [0.15, 0.2) is 152 Å². The second kappa shape index (κ2) is 11.4. The molecule has 3 nitrogen and oxygen atoms in total. The molecule has 1 aliphatic rings. The van der Waals surface area contributed by atoms with Gasteiger partial charge in [0.2, 0.25) is 0 Å². The Morgan fingerprint density at radius 1 is 0.447 bits per heavy atom. The van der Waals surface area contributed by atoms with Gasteiger partial charge in [-0.2, -0.15) is 5.26 Å². The molecule has 222 valence electrons. The van der Waals surface area contributed by atoms with Crippen LogP contribution in [-0.4, -0.2) is 9.97 Å². The molecule has 0 unspecified atom stereocenters. The van der Waals surface area contributed by atoms with Gasteiger partial charge in [-0.25, -0.2) is 9.97 Å². The van der Waals surface area contributed by atoms with Gasteiger partial charge in [-0.05, 0) is 80.9 Å². The first-order valence-corrected chi connectivity index (χ1v) is 15.9. The second-order valence-electron chi connectivity index (χ2n) is 12.6. The largest absolute Gasteiger partial charge is 0.228 e. The predicted octanol–water partition coefficient (Wildman–Crippen LogP) is 11.0. The predicted molar refractivity (Wildman–Crippen MR) is 191 cm³/mol. The molecule has 0 radical (unpaired) electrons. The van der Waals surface area contributed by atoms with E-state index in [0.29, 0.717) is 11.4 Å². The molecule has 1 aromatic heterocycles. The number of benzene rings is 6. The van der Waals surface area contributed by atoms with Crippen molar-refractivity contribution in [3.63, 3.8) is 0 Å². The van der Waals surface area contributed by atoms with Crippen LogP contribution in [0.2, 0.25) is 0 Å². The maximum absolute atomic E-state index is 9.94. The third kappa shape index (κ3) is 5.01. The summed E-state index contributed by atoms with van der Waals surface area (Å²) < 4.78 is 0. The van der Waals surface area contributed by atoms with Crippen molar-refractivity contribution in [2.75, 3.05) is 0 Å². The number of nitriles is 1. The van der Waals surface area contributed by atoms with E-state index < -0.39 is 0 Å². The van der Waals surface area contributed by atoms with Crippen molar-refractivity contribution in [2.24, 2.45) is 0 Å². The van der Waals surface area contributed by atoms with Gasteiger partial charge in [-0.1, -0.05) is 129 Å². The van der Waals surface area contributed by atoms with E-state index in [1.807, 2.05) is 54.6 Å². The lowest BCUT2D eigenvalue weighted by molar-refractivity contribution is 0.660. The van der Waals surface area contributed by atoms with Crippen LogP contribution in [0.1, 0.15) is 30.5 Å². The maximum Gasteiger partial charge on any atom is 0.160 e. The Kier molecular flexibility index (Phi) is 6.85. The van der Waals surface area contributed by atoms with Crippen molar-refractivity contribution in [1.29, 1.82) is 5.26 Å². The van der Waals surface area contributed by atoms with E-state index in [0.717, 1.165) is 50.3 Å². The Labute approximate surface area is 275 Å². The lowest BCUT2D eigenvalue weighted by Crippen LogP contribution is -2.14. The van der Waals surface area contributed by atoms with Gasteiger partial charge in [0.25, 0.3) is 0 Å². The summed E-state index contributed by atoms with van der Waals surface area (Å²) in [5.41, 5.74) is 14.5. The number of hydrogen-bond acceptors (Lipinski definition) is 3. The molecule has 1 aliphatic carbocycles. The molecule has 0 bridgehead atoms. The molecule has 1 heterocycles. The minimum atomic E-state index is -0.0992.